The van der Waals surface area contributed by atoms with Crippen molar-refractivity contribution in [3.8, 4) is 0 Å². The monoisotopic (exact) mass is 193 g/mol. The van der Waals surface area contributed by atoms with E-state index in [-0.39, 0.29) is 5.41 Å². The molecule has 0 saturated heterocycles. The van der Waals surface area contributed by atoms with Crippen LogP contribution in [-0.4, -0.2) is 7.05 Å². The topological polar surface area (TPSA) is 12.0 Å². The predicted molar refractivity (Wildman–Crippen MR) is 66.0 cm³/mol. The van der Waals surface area contributed by atoms with Crippen LogP contribution >= 0.6 is 0 Å². The van der Waals surface area contributed by atoms with Crippen LogP contribution in [0.4, 0.5) is 5.69 Å². The standard InChI is InChI=1S/C11H17N.C2H6/c1-11(2,3)9-7-5-6-8-10(9)12-4;1-2/h5-8,12H,1-4H3;1-2H3. The van der Waals surface area contributed by atoms with Crippen molar-refractivity contribution in [2.24, 2.45) is 0 Å². The summed E-state index contributed by atoms with van der Waals surface area (Å²) in [6.07, 6.45) is 0. The van der Waals surface area contributed by atoms with Gasteiger partial charge in [0.15, 0.2) is 0 Å². The van der Waals surface area contributed by atoms with Gasteiger partial charge in [-0.05, 0) is 17.0 Å². The van der Waals surface area contributed by atoms with Gasteiger partial charge in [-0.15, -0.1) is 0 Å². The van der Waals surface area contributed by atoms with Gasteiger partial charge in [-0.1, -0.05) is 52.8 Å². The molecule has 0 saturated carbocycles. The summed E-state index contributed by atoms with van der Waals surface area (Å²) < 4.78 is 0. The van der Waals surface area contributed by atoms with Gasteiger partial charge < -0.3 is 5.32 Å². The maximum absolute atomic E-state index is 3.20. The second-order valence-electron chi connectivity index (χ2n) is 4.05. The van der Waals surface area contributed by atoms with Crippen LogP contribution in [0.15, 0.2) is 24.3 Å². The predicted octanol–water partition coefficient (Wildman–Crippen LogP) is 4.05. The second-order valence-corrected chi connectivity index (χ2v) is 4.05. The Balaban J connectivity index is 0.000000791. The van der Waals surface area contributed by atoms with E-state index in [2.05, 4.69) is 50.4 Å². The van der Waals surface area contributed by atoms with E-state index in [0.29, 0.717) is 0 Å². The Morgan fingerprint density at radius 1 is 1.00 bits per heavy atom. The third kappa shape index (κ3) is 3.41. The molecule has 0 unspecified atom stereocenters. The minimum absolute atomic E-state index is 0.222. The smallest absolute Gasteiger partial charge is 0.0375 e. The van der Waals surface area contributed by atoms with Crippen molar-refractivity contribution in [3.05, 3.63) is 29.8 Å². The molecule has 0 heterocycles. The fraction of sp³-hybridized carbons (Fsp3) is 0.538. The van der Waals surface area contributed by atoms with Gasteiger partial charge in [-0.2, -0.15) is 0 Å². The molecule has 80 valence electrons. The molecule has 1 nitrogen and oxygen atoms in total. The molecule has 0 spiro atoms. The minimum Gasteiger partial charge on any atom is -0.388 e. The summed E-state index contributed by atoms with van der Waals surface area (Å²) in [6, 6.07) is 8.43. The average Bonchev–Trinajstić information content (AvgIpc) is 2.19. The Kier molecular flexibility index (Phi) is 5.29. The molecule has 1 rings (SSSR count). The normalized spacial score (nSPS) is 10.1. The minimum atomic E-state index is 0.222. The number of nitrogens with one attached hydrogen (secondary N) is 1. The number of anilines is 1. The summed E-state index contributed by atoms with van der Waals surface area (Å²) in [5, 5.41) is 3.20. The third-order valence-electron chi connectivity index (χ3n) is 2.00. The molecule has 0 amide bonds. The lowest BCUT2D eigenvalue weighted by Crippen LogP contribution is -2.13. The van der Waals surface area contributed by atoms with Crippen LogP contribution < -0.4 is 5.32 Å². The second kappa shape index (κ2) is 5.69. The van der Waals surface area contributed by atoms with Crippen molar-refractivity contribution >= 4 is 5.69 Å². The zero-order valence-electron chi connectivity index (χ0n) is 10.3. The lowest BCUT2D eigenvalue weighted by Gasteiger charge is -2.22. The number of hydrogen-bond acceptors (Lipinski definition) is 1. The van der Waals surface area contributed by atoms with Crippen molar-refractivity contribution in [3.63, 3.8) is 0 Å². The number of hydrogen-bond donors (Lipinski definition) is 1. The molecule has 1 heteroatoms. The molecule has 1 aromatic rings. The molecule has 0 aliphatic heterocycles. The van der Waals surface area contributed by atoms with Crippen molar-refractivity contribution < 1.29 is 0 Å². The lowest BCUT2D eigenvalue weighted by molar-refractivity contribution is 0.592. The van der Waals surface area contributed by atoms with Crippen LogP contribution in [0.3, 0.4) is 0 Å². The maximum Gasteiger partial charge on any atom is 0.0375 e. The van der Waals surface area contributed by atoms with Gasteiger partial charge in [0.1, 0.15) is 0 Å². The Bertz CT molecular complexity index is 258. The van der Waals surface area contributed by atoms with Crippen LogP contribution in [0.25, 0.3) is 0 Å². The van der Waals surface area contributed by atoms with Gasteiger partial charge in [-0.25, -0.2) is 0 Å². The number of benzene rings is 1. The molecule has 0 radical (unpaired) electrons. The Morgan fingerprint density at radius 3 is 1.86 bits per heavy atom. The largest absolute Gasteiger partial charge is 0.388 e. The highest BCUT2D eigenvalue weighted by molar-refractivity contribution is 5.53. The van der Waals surface area contributed by atoms with E-state index in [4.69, 9.17) is 0 Å². The van der Waals surface area contributed by atoms with E-state index in [1.54, 1.807) is 0 Å². The van der Waals surface area contributed by atoms with Crippen LogP contribution in [0.5, 0.6) is 0 Å². The third-order valence-corrected chi connectivity index (χ3v) is 2.00. The summed E-state index contributed by atoms with van der Waals surface area (Å²) in [5.74, 6) is 0. The summed E-state index contributed by atoms with van der Waals surface area (Å²) in [4.78, 5) is 0. The van der Waals surface area contributed by atoms with E-state index in [1.165, 1.54) is 11.3 Å². The zero-order chi connectivity index (χ0) is 11.2. The van der Waals surface area contributed by atoms with Crippen LogP contribution in [-0.2, 0) is 5.41 Å². The van der Waals surface area contributed by atoms with Crippen LogP contribution in [0, 0.1) is 0 Å². The first-order valence-electron chi connectivity index (χ1n) is 5.33. The zero-order valence-corrected chi connectivity index (χ0v) is 10.3. The van der Waals surface area contributed by atoms with E-state index in [1.807, 2.05) is 20.9 Å². The Hall–Kier alpha value is -0.980. The van der Waals surface area contributed by atoms with Crippen LogP contribution in [0.2, 0.25) is 0 Å². The Labute approximate surface area is 88.5 Å². The molecule has 14 heavy (non-hydrogen) atoms. The first-order chi connectivity index (χ1) is 6.55. The van der Waals surface area contributed by atoms with Gasteiger partial charge in [0.05, 0.1) is 0 Å². The van der Waals surface area contributed by atoms with E-state index in [0.717, 1.165) is 0 Å². The highest BCUT2D eigenvalue weighted by Gasteiger charge is 2.16. The maximum atomic E-state index is 3.20. The molecular weight excluding hydrogens is 170 g/mol. The Morgan fingerprint density at radius 2 is 1.50 bits per heavy atom. The quantitative estimate of drug-likeness (QED) is 0.709. The molecule has 0 aliphatic rings. The first-order valence-corrected chi connectivity index (χ1v) is 5.33. The van der Waals surface area contributed by atoms with E-state index >= 15 is 0 Å². The van der Waals surface area contributed by atoms with Gasteiger partial charge >= 0.3 is 0 Å². The van der Waals surface area contributed by atoms with Gasteiger partial charge in [0.25, 0.3) is 0 Å². The highest BCUT2D eigenvalue weighted by atomic mass is 14.8. The summed E-state index contributed by atoms with van der Waals surface area (Å²) in [7, 11) is 1.96. The molecule has 0 atom stereocenters. The van der Waals surface area contributed by atoms with Crippen molar-refractivity contribution in [2.45, 2.75) is 40.0 Å². The summed E-state index contributed by atoms with van der Waals surface area (Å²) in [5.41, 5.74) is 2.82. The van der Waals surface area contributed by atoms with Gasteiger partial charge in [-0.3, -0.25) is 0 Å². The lowest BCUT2D eigenvalue weighted by atomic mass is 9.86. The molecule has 0 fully saturated rings. The molecule has 0 aromatic heterocycles. The van der Waals surface area contributed by atoms with Crippen LogP contribution in [0.1, 0.15) is 40.2 Å². The molecule has 1 N–H and O–H groups in total. The van der Waals surface area contributed by atoms with Crippen molar-refractivity contribution in [1.82, 2.24) is 0 Å². The van der Waals surface area contributed by atoms with Gasteiger partial charge in [0, 0.05) is 12.7 Å². The molecule has 0 bridgehead atoms. The SMILES string of the molecule is CC.CNc1ccccc1C(C)(C)C. The van der Waals surface area contributed by atoms with E-state index < -0.39 is 0 Å². The molecule has 0 aliphatic carbocycles. The van der Waals surface area contributed by atoms with Crippen molar-refractivity contribution in [2.75, 3.05) is 12.4 Å². The number of para-hydroxylation sites is 1. The first kappa shape index (κ1) is 13.0. The fourth-order valence-corrected chi connectivity index (χ4v) is 1.36. The molecular formula is C13H23N. The molecule has 1 aromatic carbocycles. The van der Waals surface area contributed by atoms with Gasteiger partial charge in [0.2, 0.25) is 0 Å². The number of rotatable bonds is 1. The fourth-order valence-electron chi connectivity index (χ4n) is 1.36. The summed E-state index contributed by atoms with van der Waals surface area (Å²) >= 11 is 0. The van der Waals surface area contributed by atoms with E-state index in [9.17, 15) is 0 Å². The average molecular weight is 193 g/mol. The highest BCUT2D eigenvalue weighted by Crippen LogP contribution is 2.28. The summed E-state index contributed by atoms with van der Waals surface area (Å²) in [6.45, 7) is 10.7. The van der Waals surface area contributed by atoms with Crippen molar-refractivity contribution in [1.29, 1.82) is 0 Å².